The van der Waals surface area contributed by atoms with E-state index < -0.39 is 0 Å². The molecule has 4 nitrogen and oxygen atoms in total. The Hall–Kier alpha value is -2.63. The van der Waals surface area contributed by atoms with E-state index in [1.54, 1.807) is 60.7 Å². The molecular formula is C20H14BrClN2O2. The molecule has 3 aromatic carbocycles. The first-order chi connectivity index (χ1) is 12.5. The van der Waals surface area contributed by atoms with Crippen molar-refractivity contribution in [2.45, 2.75) is 0 Å². The van der Waals surface area contributed by atoms with Gasteiger partial charge in [-0.05, 0) is 58.4 Å². The maximum absolute atomic E-state index is 12.4. The molecule has 3 rings (SSSR count). The number of rotatable bonds is 4. The van der Waals surface area contributed by atoms with Gasteiger partial charge in [0, 0.05) is 15.7 Å². The Morgan fingerprint density at radius 2 is 1.50 bits per heavy atom. The molecule has 0 unspecified atom stereocenters. The van der Waals surface area contributed by atoms with Crippen LogP contribution in [0.2, 0.25) is 5.02 Å². The lowest BCUT2D eigenvalue weighted by molar-refractivity contribution is 0.101. The summed E-state index contributed by atoms with van der Waals surface area (Å²) >= 11 is 9.53. The zero-order valence-corrected chi connectivity index (χ0v) is 15.8. The van der Waals surface area contributed by atoms with E-state index in [2.05, 4.69) is 26.6 Å². The van der Waals surface area contributed by atoms with Gasteiger partial charge in [-0.2, -0.15) is 0 Å². The van der Waals surface area contributed by atoms with Crippen LogP contribution in [0.1, 0.15) is 20.7 Å². The van der Waals surface area contributed by atoms with Crippen LogP contribution < -0.4 is 10.6 Å². The Morgan fingerprint density at radius 3 is 2.23 bits per heavy atom. The molecule has 26 heavy (non-hydrogen) atoms. The Balaban J connectivity index is 1.78. The minimum atomic E-state index is -0.276. The smallest absolute Gasteiger partial charge is 0.256 e. The fourth-order valence-electron chi connectivity index (χ4n) is 2.33. The maximum atomic E-state index is 12.4. The lowest BCUT2D eigenvalue weighted by Gasteiger charge is -2.11. The van der Waals surface area contributed by atoms with Crippen molar-refractivity contribution < 1.29 is 9.59 Å². The zero-order valence-electron chi connectivity index (χ0n) is 13.5. The van der Waals surface area contributed by atoms with Crippen LogP contribution in [-0.2, 0) is 0 Å². The van der Waals surface area contributed by atoms with Gasteiger partial charge in [-0.3, -0.25) is 9.59 Å². The molecule has 0 saturated carbocycles. The average molecular weight is 430 g/mol. The van der Waals surface area contributed by atoms with E-state index >= 15 is 0 Å². The van der Waals surface area contributed by atoms with Gasteiger partial charge in [0.05, 0.1) is 16.3 Å². The summed E-state index contributed by atoms with van der Waals surface area (Å²) in [5, 5.41) is 5.94. The number of hydrogen-bond acceptors (Lipinski definition) is 2. The van der Waals surface area contributed by atoms with Gasteiger partial charge in [0.15, 0.2) is 0 Å². The number of anilines is 2. The van der Waals surface area contributed by atoms with Crippen LogP contribution >= 0.6 is 27.5 Å². The summed E-state index contributed by atoms with van der Waals surface area (Å²) in [6, 6.07) is 20.9. The molecule has 6 heteroatoms. The third-order valence-electron chi connectivity index (χ3n) is 3.63. The van der Waals surface area contributed by atoms with E-state index in [4.69, 9.17) is 11.6 Å². The van der Waals surface area contributed by atoms with Gasteiger partial charge in [0.2, 0.25) is 0 Å². The van der Waals surface area contributed by atoms with E-state index in [-0.39, 0.29) is 11.8 Å². The van der Waals surface area contributed by atoms with Gasteiger partial charge in [0.25, 0.3) is 11.8 Å². The van der Waals surface area contributed by atoms with Crippen molar-refractivity contribution in [1.82, 2.24) is 0 Å². The quantitative estimate of drug-likeness (QED) is 0.566. The first kappa shape index (κ1) is 18.2. The highest BCUT2D eigenvalue weighted by molar-refractivity contribution is 9.10. The molecule has 0 aromatic heterocycles. The highest BCUT2D eigenvalue weighted by Gasteiger charge is 2.12. The molecule has 2 N–H and O–H groups in total. The molecule has 0 aliphatic heterocycles. The van der Waals surface area contributed by atoms with Crippen molar-refractivity contribution in [2.75, 3.05) is 10.6 Å². The molecule has 0 aliphatic carbocycles. The van der Waals surface area contributed by atoms with Crippen molar-refractivity contribution >= 4 is 50.7 Å². The first-order valence-electron chi connectivity index (χ1n) is 7.76. The number of benzene rings is 3. The van der Waals surface area contributed by atoms with Crippen LogP contribution in [0.15, 0.2) is 77.3 Å². The lowest BCUT2D eigenvalue weighted by Crippen LogP contribution is -2.14. The second-order valence-corrected chi connectivity index (χ2v) is 6.71. The normalized spacial score (nSPS) is 10.2. The van der Waals surface area contributed by atoms with E-state index in [9.17, 15) is 9.59 Å². The van der Waals surface area contributed by atoms with E-state index in [0.29, 0.717) is 32.0 Å². The highest BCUT2D eigenvalue weighted by atomic mass is 79.9. The topological polar surface area (TPSA) is 58.2 Å². The Bertz CT molecular complexity index is 961. The third-order valence-corrected chi connectivity index (χ3v) is 4.65. The summed E-state index contributed by atoms with van der Waals surface area (Å²) in [6.45, 7) is 0. The molecule has 0 atom stereocenters. The number of hydrogen-bond donors (Lipinski definition) is 2. The average Bonchev–Trinajstić information content (AvgIpc) is 2.65. The Labute approximate surface area is 164 Å². The number of halogens is 2. The van der Waals surface area contributed by atoms with Gasteiger partial charge in [-0.15, -0.1) is 0 Å². The molecule has 3 aromatic rings. The molecule has 0 heterocycles. The fraction of sp³-hybridized carbons (Fsp3) is 0. The van der Waals surface area contributed by atoms with Crippen molar-refractivity contribution in [2.24, 2.45) is 0 Å². The molecule has 0 bridgehead atoms. The van der Waals surface area contributed by atoms with Gasteiger partial charge in [-0.25, -0.2) is 0 Å². The van der Waals surface area contributed by atoms with E-state index in [1.807, 2.05) is 12.1 Å². The summed E-state index contributed by atoms with van der Waals surface area (Å²) in [6.07, 6.45) is 0. The molecule has 0 fully saturated rings. The fourth-order valence-corrected chi connectivity index (χ4v) is 2.96. The lowest BCUT2D eigenvalue weighted by atomic mass is 10.2. The largest absolute Gasteiger partial charge is 0.322 e. The summed E-state index contributed by atoms with van der Waals surface area (Å²) in [7, 11) is 0. The van der Waals surface area contributed by atoms with E-state index in [0.717, 1.165) is 0 Å². The van der Waals surface area contributed by atoms with Crippen molar-refractivity contribution in [3.63, 3.8) is 0 Å². The second-order valence-electron chi connectivity index (χ2n) is 5.45. The minimum Gasteiger partial charge on any atom is -0.322 e. The Kier molecular flexibility index (Phi) is 5.71. The number of carbonyl (C=O) groups is 2. The van der Waals surface area contributed by atoms with Crippen LogP contribution in [0.4, 0.5) is 11.4 Å². The molecule has 130 valence electrons. The standard InChI is InChI=1S/C20H14BrClN2O2/c21-16-9-5-4-8-15(16)20(26)23-14-10-11-17(22)18(12-14)24-19(25)13-6-2-1-3-7-13/h1-12H,(H,23,26)(H,24,25). The maximum Gasteiger partial charge on any atom is 0.256 e. The van der Waals surface area contributed by atoms with Crippen LogP contribution in [-0.4, -0.2) is 11.8 Å². The van der Waals surface area contributed by atoms with Crippen molar-refractivity contribution in [3.8, 4) is 0 Å². The van der Waals surface area contributed by atoms with Crippen LogP contribution in [0.3, 0.4) is 0 Å². The van der Waals surface area contributed by atoms with Crippen molar-refractivity contribution in [1.29, 1.82) is 0 Å². The first-order valence-corrected chi connectivity index (χ1v) is 8.93. The molecule has 0 radical (unpaired) electrons. The number of amides is 2. The number of nitrogens with one attached hydrogen (secondary N) is 2. The van der Waals surface area contributed by atoms with Crippen LogP contribution in [0.5, 0.6) is 0 Å². The zero-order chi connectivity index (χ0) is 18.5. The van der Waals surface area contributed by atoms with Gasteiger partial charge < -0.3 is 10.6 Å². The summed E-state index contributed by atoms with van der Waals surface area (Å²) < 4.78 is 0.698. The van der Waals surface area contributed by atoms with Crippen LogP contribution in [0, 0.1) is 0 Å². The van der Waals surface area contributed by atoms with Crippen molar-refractivity contribution in [3.05, 3.63) is 93.4 Å². The minimum absolute atomic E-state index is 0.264. The highest BCUT2D eigenvalue weighted by Crippen LogP contribution is 2.27. The SMILES string of the molecule is O=C(Nc1cc(NC(=O)c2ccccc2Br)ccc1Cl)c1ccccc1. The number of carbonyl (C=O) groups excluding carboxylic acids is 2. The molecule has 0 aliphatic rings. The molecule has 0 spiro atoms. The van der Waals surface area contributed by atoms with Gasteiger partial charge >= 0.3 is 0 Å². The second kappa shape index (κ2) is 8.17. The molecular weight excluding hydrogens is 416 g/mol. The van der Waals surface area contributed by atoms with Gasteiger partial charge in [-0.1, -0.05) is 41.9 Å². The van der Waals surface area contributed by atoms with Crippen LogP contribution in [0.25, 0.3) is 0 Å². The summed E-state index contributed by atoms with van der Waals surface area (Å²) in [5.74, 6) is -0.540. The third kappa shape index (κ3) is 4.31. The summed E-state index contributed by atoms with van der Waals surface area (Å²) in [4.78, 5) is 24.7. The summed E-state index contributed by atoms with van der Waals surface area (Å²) in [5.41, 5.74) is 1.98. The monoisotopic (exact) mass is 428 g/mol. The van der Waals surface area contributed by atoms with E-state index in [1.165, 1.54) is 0 Å². The predicted molar refractivity (Wildman–Crippen MR) is 108 cm³/mol. The molecule has 0 saturated heterocycles. The Morgan fingerprint density at radius 1 is 0.808 bits per heavy atom. The predicted octanol–water partition coefficient (Wildman–Crippen LogP) is 5.61. The molecule has 2 amide bonds. The van der Waals surface area contributed by atoms with Gasteiger partial charge in [0.1, 0.15) is 0 Å².